The van der Waals surface area contributed by atoms with Crippen LogP contribution in [-0.4, -0.2) is 28.9 Å². The fraction of sp³-hybridized carbons (Fsp3) is 0.312. The van der Waals surface area contributed by atoms with Crippen molar-refractivity contribution in [3.8, 4) is 5.69 Å². The maximum atomic E-state index is 13.2. The third-order valence-corrected chi connectivity index (χ3v) is 4.24. The molecule has 0 fully saturated rings. The van der Waals surface area contributed by atoms with Crippen LogP contribution in [0.2, 0.25) is 0 Å². The lowest BCUT2D eigenvalue weighted by atomic mass is 10.2. The molecule has 3 nitrogen and oxygen atoms in total. The van der Waals surface area contributed by atoms with Gasteiger partial charge in [0, 0.05) is 27.1 Å². The summed E-state index contributed by atoms with van der Waals surface area (Å²) in [6.07, 6.45) is -5.66. The van der Waals surface area contributed by atoms with Crippen LogP contribution in [0.1, 0.15) is 17.0 Å². The van der Waals surface area contributed by atoms with E-state index in [1.807, 2.05) is 0 Å². The maximum absolute atomic E-state index is 13.2. The molecule has 0 aliphatic heterocycles. The lowest BCUT2D eigenvalue weighted by Crippen LogP contribution is -2.58. The first-order valence-corrected chi connectivity index (χ1v) is 8.14. The molecule has 0 saturated heterocycles. The van der Waals surface area contributed by atoms with Gasteiger partial charge in [0.05, 0.1) is 6.21 Å². The molecule has 2 aromatic rings. The van der Waals surface area contributed by atoms with E-state index in [1.165, 1.54) is 6.07 Å². The van der Waals surface area contributed by atoms with Gasteiger partial charge in [0.15, 0.2) is 0 Å². The largest absolute Gasteiger partial charge is 0.462 e. The molecule has 0 unspecified atom stereocenters. The van der Waals surface area contributed by atoms with E-state index in [-0.39, 0.29) is 5.56 Å². The van der Waals surface area contributed by atoms with Crippen molar-refractivity contribution in [2.45, 2.75) is 32.0 Å². The highest BCUT2D eigenvalue weighted by Crippen LogP contribution is 2.45. The highest BCUT2D eigenvalue weighted by Gasteiger charge is 2.73. The molecule has 1 heterocycles. The fourth-order valence-corrected chi connectivity index (χ4v) is 2.60. The zero-order valence-electron chi connectivity index (χ0n) is 13.9. The summed E-state index contributed by atoms with van der Waals surface area (Å²) in [6, 6.07) is 3.05. The van der Waals surface area contributed by atoms with E-state index < -0.39 is 18.1 Å². The van der Waals surface area contributed by atoms with Crippen molar-refractivity contribution < 1.29 is 30.7 Å². The molecule has 11 heteroatoms. The molecule has 148 valence electrons. The SMILES string of the molecule is Cc1cc(/C=N\NC(F)(F)C(F)(F)C(F)(F)F)c(C)n1-c1ccc(Br)cc1. The van der Waals surface area contributed by atoms with Gasteiger partial charge in [-0.05, 0) is 44.2 Å². The van der Waals surface area contributed by atoms with Crippen LogP contribution >= 0.6 is 15.9 Å². The lowest BCUT2D eigenvalue weighted by molar-refractivity contribution is -0.361. The molecule has 2 rings (SSSR count). The van der Waals surface area contributed by atoms with Crippen LogP contribution in [0.3, 0.4) is 0 Å². The monoisotopic (exact) mass is 459 g/mol. The Labute approximate surface area is 158 Å². The number of nitrogens with zero attached hydrogens (tertiary/aromatic N) is 2. The van der Waals surface area contributed by atoms with Crippen molar-refractivity contribution >= 4 is 22.1 Å². The minimum Gasteiger partial charge on any atom is -0.318 e. The number of hydrazone groups is 1. The van der Waals surface area contributed by atoms with E-state index in [0.717, 1.165) is 16.4 Å². The third kappa shape index (κ3) is 4.12. The van der Waals surface area contributed by atoms with E-state index in [9.17, 15) is 30.7 Å². The Kier molecular flexibility index (Phi) is 5.65. The molecule has 27 heavy (non-hydrogen) atoms. The average Bonchev–Trinajstić information content (AvgIpc) is 2.81. The summed E-state index contributed by atoms with van der Waals surface area (Å²) in [5, 5.41) is 2.89. The Morgan fingerprint density at radius 2 is 1.56 bits per heavy atom. The van der Waals surface area contributed by atoms with Crippen LogP contribution in [-0.2, 0) is 0 Å². The first-order valence-electron chi connectivity index (χ1n) is 7.35. The van der Waals surface area contributed by atoms with Crippen LogP contribution in [0, 0.1) is 13.8 Å². The molecular weight excluding hydrogens is 447 g/mol. The zero-order chi connectivity index (χ0) is 20.6. The van der Waals surface area contributed by atoms with Gasteiger partial charge in [-0.3, -0.25) is 0 Å². The van der Waals surface area contributed by atoms with Crippen LogP contribution < -0.4 is 5.43 Å². The van der Waals surface area contributed by atoms with Gasteiger partial charge < -0.3 is 4.57 Å². The van der Waals surface area contributed by atoms with Crippen LogP contribution in [0.25, 0.3) is 5.69 Å². The predicted octanol–water partition coefficient (Wildman–Crippen LogP) is 5.57. The van der Waals surface area contributed by atoms with Gasteiger partial charge in [-0.1, -0.05) is 15.9 Å². The second-order valence-electron chi connectivity index (χ2n) is 5.65. The van der Waals surface area contributed by atoms with Gasteiger partial charge in [0.25, 0.3) is 0 Å². The minimum atomic E-state index is -6.42. The summed E-state index contributed by atoms with van der Waals surface area (Å²) in [5.74, 6) is -6.27. The van der Waals surface area contributed by atoms with E-state index in [4.69, 9.17) is 0 Å². The van der Waals surface area contributed by atoms with Crippen molar-refractivity contribution in [3.63, 3.8) is 0 Å². The highest BCUT2D eigenvalue weighted by molar-refractivity contribution is 9.10. The molecule has 0 radical (unpaired) electrons. The normalized spacial score (nSPS) is 13.4. The smallest absolute Gasteiger partial charge is 0.318 e. The van der Waals surface area contributed by atoms with Crippen LogP contribution in [0.5, 0.6) is 0 Å². The van der Waals surface area contributed by atoms with Crippen molar-refractivity contribution in [1.82, 2.24) is 9.99 Å². The zero-order valence-corrected chi connectivity index (χ0v) is 15.5. The summed E-state index contributed by atoms with van der Waals surface area (Å²) in [6.45, 7) is 3.34. The fourth-order valence-electron chi connectivity index (χ4n) is 2.34. The van der Waals surface area contributed by atoms with E-state index in [1.54, 1.807) is 42.7 Å². The van der Waals surface area contributed by atoms with Gasteiger partial charge >= 0.3 is 18.1 Å². The predicted molar refractivity (Wildman–Crippen MR) is 89.6 cm³/mol. The second kappa shape index (κ2) is 7.17. The summed E-state index contributed by atoms with van der Waals surface area (Å²) in [5.41, 5.74) is 2.84. The molecule has 0 bridgehead atoms. The quantitative estimate of drug-likeness (QED) is 0.269. The number of nitrogens with one attached hydrogen (secondary N) is 1. The number of aryl methyl sites for hydroxylation is 1. The Morgan fingerprint density at radius 1 is 1.00 bits per heavy atom. The minimum absolute atomic E-state index is 0.272. The molecular formula is C16H13BrF7N3. The van der Waals surface area contributed by atoms with Gasteiger partial charge in [0.1, 0.15) is 0 Å². The average molecular weight is 460 g/mol. The van der Waals surface area contributed by atoms with Gasteiger partial charge in [0.2, 0.25) is 0 Å². The number of halogens is 8. The first-order chi connectivity index (χ1) is 12.3. The molecule has 0 aliphatic rings. The molecule has 1 aromatic carbocycles. The molecule has 1 N–H and O–H groups in total. The number of aromatic nitrogens is 1. The molecule has 1 aromatic heterocycles. The van der Waals surface area contributed by atoms with Gasteiger partial charge in [-0.2, -0.15) is 35.8 Å². The molecule has 0 amide bonds. The highest BCUT2D eigenvalue weighted by atomic mass is 79.9. The van der Waals surface area contributed by atoms with Crippen molar-refractivity contribution in [1.29, 1.82) is 0 Å². The van der Waals surface area contributed by atoms with Gasteiger partial charge in [-0.15, -0.1) is 0 Å². The van der Waals surface area contributed by atoms with E-state index in [2.05, 4.69) is 21.0 Å². The lowest BCUT2D eigenvalue weighted by Gasteiger charge is -2.27. The number of benzene rings is 1. The second-order valence-corrected chi connectivity index (χ2v) is 6.57. The van der Waals surface area contributed by atoms with E-state index >= 15 is 0 Å². The Bertz CT molecular complexity index is 839. The van der Waals surface area contributed by atoms with Crippen molar-refractivity contribution in [2.75, 3.05) is 0 Å². The molecule has 0 atom stereocenters. The number of rotatable bonds is 5. The van der Waals surface area contributed by atoms with Crippen LogP contribution in [0.4, 0.5) is 30.7 Å². The Morgan fingerprint density at radius 3 is 2.07 bits per heavy atom. The summed E-state index contributed by atoms with van der Waals surface area (Å²) >= 11 is 3.29. The maximum Gasteiger partial charge on any atom is 0.462 e. The van der Waals surface area contributed by atoms with Gasteiger partial charge in [-0.25, -0.2) is 5.43 Å². The number of hydrogen-bond acceptors (Lipinski definition) is 2. The Hall–Kier alpha value is -2.04. The van der Waals surface area contributed by atoms with Crippen LogP contribution in [0.15, 0.2) is 39.9 Å². The number of alkyl halides is 7. The molecule has 0 saturated carbocycles. The number of hydrogen-bond donors (Lipinski definition) is 1. The topological polar surface area (TPSA) is 29.3 Å². The van der Waals surface area contributed by atoms with Crippen molar-refractivity contribution in [2.24, 2.45) is 5.10 Å². The Balaban J connectivity index is 2.26. The summed E-state index contributed by atoms with van der Waals surface area (Å²) < 4.78 is 90.8. The third-order valence-electron chi connectivity index (χ3n) is 3.71. The van der Waals surface area contributed by atoms with E-state index in [0.29, 0.717) is 16.8 Å². The summed E-state index contributed by atoms with van der Waals surface area (Å²) in [7, 11) is 0. The molecule has 0 spiro atoms. The molecule has 0 aliphatic carbocycles. The summed E-state index contributed by atoms with van der Waals surface area (Å²) in [4.78, 5) is 0. The first kappa shape index (κ1) is 21.3. The van der Waals surface area contributed by atoms with Crippen molar-refractivity contribution in [3.05, 3.63) is 51.8 Å². The standard InChI is InChI=1S/C16H13BrF7N3/c1-9-7-11(10(2)27(9)13-5-3-12(17)4-6-13)8-25-26-16(23,24)14(18,19)15(20,21)22/h3-8,26H,1-2H3/b25-8-.